The van der Waals surface area contributed by atoms with E-state index in [0.29, 0.717) is 5.84 Å². The molecule has 1 unspecified atom stereocenters. The standard InChI is InChI=1S/C11H8N2O2S/c14-16-13-11(12-15-16)10-7-3-5-8-4-1-2-6-9(8)10/h1-7H,(H,12,13). The molecule has 0 saturated carbocycles. The van der Waals surface area contributed by atoms with Crippen molar-refractivity contribution < 1.29 is 8.49 Å². The van der Waals surface area contributed by atoms with Gasteiger partial charge in [-0.3, -0.25) is 9.01 Å². The molecule has 1 aliphatic rings. The molecule has 0 spiro atoms. The average molecular weight is 232 g/mol. The molecule has 2 aromatic carbocycles. The Morgan fingerprint density at radius 2 is 1.94 bits per heavy atom. The maximum Gasteiger partial charge on any atom is 0.338 e. The zero-order valence-electron chi connectivity index (χ0n) is 8.21. The van der Waals surface area contributed by atoms with Crippen LogP contribution in [-0.4, -0.2) is 10.0 Å². The van der Waals surface area contributed by atoms with Gasteiger partial charge in [-0.05, 0) is 15.9 Å². The van der Waals surface area contributed by atoms with Crippen molar-refractivity contribution in [3.05, 3.63) is 48.0 Å². The van der Waals surface area contributed by atoms with Gasteiger partial charge in [0, 0.05) is 5.56 Å². The van der Waals surface area contributed by atoms with Gasteiger partial charge in [-0.15, -0.1) is 0 Å². The first-order valence-electron chi connectivity index (χ1n) is 4.77. The van der Waals surface area contributed by atoms with Crippen molar-refractivity contribution in [2.75, 3.05) is 0 Å². The van der Waals surface area contributed by atoms with Gasteiger partial charge in [-0.25, -0.2) is 0 Å². The quantitative estimate of drug-likeness (QED) is 0.813. The molecule has 0 bridgehead atoms. The molecular formula is C11H8N2O2S. The number of nitrogens with one attached hydrogen (secondary N) is 1. The molecule has 1 heterocycles. The van der Waals surface area contributed by atoms with E-state index in [4.69, 9.17) is 0 Å². The molecule has 1 N–H and O–H groups in total. The molecule has 0 aromatic heterocycles. The Labute approximate surface area is 94.7 Å². The number of nitrogens with zero attached hydrogens (tertiary/aromatic N) is 1. The third-order valence-corrected chi connectivity index (χ3v) is 2.99. The SMILES string of the molecule is O=S1NC(c2cccc3ccccc23)=NO1. The predicted molar refractivity (Wildman–Crippen MR) is 62.8 cm³/mol. The lowest BCUT2D eigenvalue weighted by molar-refractivity contribution is 0.385. The lowest BCUT2D eigenvalue weighted by Gasteiger charge is -2.03. The molecule has 1 aliphatic heterocycles. The smallest absolute Gasteiger partial charge is 0.269 e. The molecule has 16 heavy (non-hydrogen) atoms. The summed E-state index contributed by atoms with van der Waals surface area (Å²) in [6, 6.07) is 13.8. The fourth-order valence-electron chi connectivity index (χ4n) is 1.72. The minimum Gasteiger partial charge on any atom is -0.269 e. The Bertz CT molecular complexity index is 604. The van der Waals surface area contributed by atoms with Gasteiger partial charge in [-0.1, -0.05) is 42.5 Å². The highest BCUT2D eigenvalue weighted by atomic mass is 32.2. The summed E-state index contributed by atoms with van der Waals surface area (Å²) in [7, 11) is 0. The first-order chi connectivity index (χ1) is 7.84. The topological polar surface area (TPSA) is 50.7 Å². The normalized spacial score (nSPS) is 19.0. The molecule has 2 aromatic rings. The van der Waals surface area contributed by atoms with E-state index < -0.39 is 11.3 Å². The van der Waals surface area contributed by atoms with Gasteiger partial charge in [-0.2, -0.15) is 4.21 Å². The molecule has 1 atom stereocenters. The summed E-state index contributed by atoms with van der Waals surface area (Å²) in [6.07, 6.45) is 0. The zero-order valence-corrected chi connectivity index (χ0v) is 9.03. The van der Waals surface area contributed by atoms with Gasteiger partial charge < -0.3 is 0 Å². The van der Waals surface area contributed by atoms with Crippen LogP contribution >= 0.6 is 0 Å². The van der Waals surface area contributed by atoms with Gasteiger partial charge in [0.15, 0.2) is 5.84 Å². The molecular weight excluding hydrogens is 224 g/mol. The number of oxime groups is 1. The van der Waals surface area contributed by atoms with Crippen molar-refractivity contribution >= 4 is 27.9 Å². The van der Waals surface area contributed by atoms with E-state index in [1.54, 1.807) is 0 Å². The first kappa shape index (κ1) is 9.35. The predicted octanol–water partition coefficient (Wildman–Crippen LogP) is 1.70. The number of hydrogen-bond donors (Lipinski definition) is 1. The number of rotatable bonds is 1. The largest absolute Gasteiger partial charge is 0.338 e. The minimum atomic E-state index is -1.55. The van der Waals surface area contributed by atoms with Crippen LogP contribution in [0, 0.1) is 0 Å². The fourth-order valence-corrected chi connectivity index (χ4v) is 2.21. The molecule has 0 fully saturated rings. The van der Waals surface area contributed by atoms with Gasteiger partial charge in [0.25, 0.3) is 0 Å². The summed E-state index contributed by atoms with van der Waals surface area (Å²) in [4.78, 5) is 0. The Balaban J connectivity index is 2.20. The third-order valence-electron chi connectivity index (χ3n) is 2.42. The summed E-state index contributed by atoms with van der Waals surface area (Å²) < 4.78 is 18.3. The van der Waals surface area contributed by atoms with Gasteiger partial charge in [0.05, 0.1) is 0 Å². The van der Waals surface area contributed by atoms with Crippen LogP contribution in [0.1, 0.15) is 5.56 Å². The molecule has 0 aliphatic carbocycles. The number of hydrogen-bond acceptors (Lipinski definition) is 3. The van der Waals surface area contributed by atoms with Crippen LogP contribution in [-0.2, 0) is 15.6 Å². The lowest BCUT2D eigenvalue weighted by Crippen LogP contribution is -2.20. The molecule has 0 saturated heterocycles. The second-order valence-electron chi connectivity index (χ2n) is 3.38. The van der Waals surface area contributed by atoms with Crippen LogP contribution in [0.25, 0.3) is 10.8 Å². The highest BCUT2D eigenvalue weighted by Gasteiger charge is 2.17. The Kier molecular flexibility index (Phi) is 2.11. The van der Waals surface area contributed by atoms with Crippen molar-refractivity contribution in [2.45, 2.75) is 0 Å². The van der Waals surface area contributed by atoms with Crippen molar-refractivity contribution in [3.63, 3.8) is 0 Å². The summed E-state index contributed by atoms with van der Waals surface area (Å²) in [5, 5.41) is 5.91. The molecule has 80 valence electrons. The zero-order chi connectivity index (χ0) is 11.0. The van der Waals surface area contributed by atoms with Crippen LogP contribution in [0.15, 0.2) is 47.6 Å². The number of fused-ring (bicyclic) bond motifs is 1. The van der Waals surface area contributed by atoms with E-state index in [-0.39, 0.29) is 0 Å². The van der Waals surface area contributed by atoms with Crippen LogP contribution < -0.4 is 4.72 Å². The third kappa shape index (κ3) is 1.45. The summed E-state index contributed by atoms with van der Waals surface area (Å²) in [6.45, 7) is 0. The van der Waals surface area contributed by atoms with Crippen molar-refractivity contribution in [2.24, 2.45) is 5.16 Å². The molecule has 0 amide bonds. The molecule has 3 rings (SSSR count). The van der Waals surface area contributed by atoms with E-state index in [2.05, 4.69) is 14.2 Å². The Morgan fingerprint density at radius 1 is 1.12 bits per heavy atom. The van der Waals surface area contributed by atoms with Crippen LogP contribution in [0.4, 0.5) is 0 Å². The highest BCUT2D eigenvalue weighted by Crippen LogP contribution is 2.19. The fraction of sp³-hybridized carbons (Fsp3) is 0. The monoisotopic (exact) mass is 232 g/mol. The highest BCUT2D eigenvalue weighted by molar-refractivity contribution is 7.79. The van der Waals surface area contributed by atoms with Crippen LogP contribution in [0.3, 0.4) is 0 Å². The number of amidine groups is 1. The number of benzene rings is 2. The second-order valence-corrected chi connectivity index (χ2v) is 4.20. The molecule has 4 nitrogen and oxygen atoms in total. The van der Waals surface area contributed by atoms with Crippen LogP contribution in [0.2, 0.25) is 0 Å². The molecule has 5 heteroatoms. The van der Waals surface area contributed by atoms with E-state index in [1.807, 2.05) is 42.5 Å². The van der Waals surface area contributed by atoms with Gasteiger partial charge in [0.1, 0.15) is 0 Å². The lowest BCUT2D eigenvalue weighted by atomic mass is 10.0. The van der Waals surface area contributed by atoms with E-state index in [1.165, 1.54) is 0 Å². The maximum atomic E-state index is 11.0. The summed E-state index contributed by atoms with van der Waals surface area (Å²) in [5.74, 6) is 0.509. The minimum absolute atomic E-state index is 0.509. The van der Waals surface area contributed by atoms with E-state index in [9.17, 15) is 4.21 Å². The summed E-state index contributed by atoms with van der Waals surface area (Å²) >= 11 is -1.55. The maximum absolute atomic E-state index is 11.0. The average Bonchev–Trinajstić information content (AvgIpc) is 2.75. The second kappa shape index (κ2) is 3.61. The van der Waals surface area contributed by atoms with Crippen molar-refractivity contribution in [3.8, 4) is 0 Å². The first-order valence-corrected chi connectivity index (χ1v) is 5.84. The van der Waals surface area contributed by atoms with Crippen molar-refractivity contribution in [1.29, 1.82) is 0 Å². The van der Waals surface area contributed by atoms with Gasteiger partial charge >= 0.3 is 11.3 Å². The van der Waals surface area contributed by atoms with E-state index in [0.717, 1.165) is 16.3 Å². The summed E-state index contributed by atoms with van der Waals surface area (Å²) in [5.41, 5.74) is 0.893. The Hall–Kier alpha value is -1.88. The van der Waals surface area contributed by atoms with Crippen molar-refractivity contribution in [1.82, 2.24) is 4.72 Å². The van der Waals surface area contributed by atoms with Gasteiger partial charge in [0.2, 0.25) is 0 Å². The Morgan fingerprint density at radius 3 is 2.75 bits per heavy atom. The van der Waals surface area contributed by atoms with E-state index >= 15 is 0 Å². The van der Waals surface area contributed by atoms with Crippen LogP contribution in [0.5, 0.6) is 0 Å². The molecule has 0 radical (unpaired) electrons.